The topological polar surface area (TPSA) is 38.9 Å². The molecule has 1 rings (SSSR count). The Labute approximate surface area is 70.8 Å². The Hall–Kier alpha value is -0.670. The molecular weight excluding hydrogens is 156 g/mol. The normalized spacial score (nSPS) is 12.6. The summed E-state index contributed by atoms with van der Waals surface area (Å²) in [6, 6.07) is -0.0359. The molecule has 0 aliphatic heterocycles. The number of nitrogens with two attached hydrogens (primary N) is 1. The zero-order chi connectivity index (χ0) is 8.27. The average Bonchev–Trinajstić information content (AvgIpc) is 2.35. The molecule has 2 N–H and O–H groups in total. The molecule has 3 heteroatoms. The van der Waals surface area contributed by atoms with E-state index in [4.69, 9.17) is 5.73 Å². The number of hydrogen-bond donors (Lipinski definition) is 1. The molecular formula is C8H12N2S. The second kappa shape index (κ2) is 3.64. The van der Waals surface area contributed by atoms with Gasteiger partial charge in [0.2, 0.25) is 0 Å². The van der Waals surface area contributed by atoms with Crippen LogP contribution in [0.25, 0.3) is 0 Å². The van der Waals surface area contributed by atoms with E-state index in [-0.39, 0.29) is 6.04 Å². The van der Waals surface area contributed by atoms with Gasteiger partial charge in [-0.25, -0.2) is 4.98 Å². The van der Waals surface area contributed by atoms with Gasteiger partial charge in [0.25, 0.3) is 0 Å². The minimum atomic E-state index is -0.0359. The lowest BCUT2D eigenvalue weighted by atomic mass is 10.2. The predicted molar refractivity (Wildman–Crippen MR) is 48.5 cm³/mol. The van der Waals surface area contributed by atoms with E-state index in [0.717, 1.165) is 5.69 Å². The summed E-state index contributed by atoms with van der Waals surface area (Å²) in [7, 11) is 0. The van der Waals surface area contributed by atoms with Crippen molar-refractivity contribution in [3.63, 3.8) is 0 Å². The van der Waals surface area contributed by atoms with Crippen LogP contribution in [0, 0.1) is 0 Å². The lowest BCUT2D eigenvalue weighted by Crippen LogP contribution is -2.07. The third kappa shape index (κ3) is 2.44. The van der Waals surface area contributed by atoms with Crippen molar-refractivity contribution >= 4 is 11.3 Å². The summed E-state index contributed by atoms with van der Waals surface area (Å²) in [6.45, 7) is 4.07. The summed E-state index contributed by atoms with van der Waals surface area (Å²) >= 11 is 1.57. The van der Waals surface area contributed by atoms with Crippen LogP contribution in [0.2, 0.25) is 0 Å². The number of aromatic nitrogens is 1. The van der Waals surface area contributed by atoms with E-state index in [9.17, 15) is 0 Å². The number of hydrogen-bond acceptors (Lipinski definition) is 3. The Morgan fingerprint density at radius 2 is 2.45 bits per heavy atom. The van der Waals surface area contributed by atoms with Gasteiger partial charge in [-0.15, -0.1) is 11.3 Å². The first-order valence-electron chi connectivity index (χ1n) is 3.49. The van der Waals surface area contributed by atoms with Crippen LogP contribution in [-0.2, 0) is 0 Å². The van der Waals surface area contributed by atoms with E-state index in [1.165, 1.54) is 5.57 Å². The summed E-state index contributed by atoms with van der Waals surface area (Å²) in [5.74, 6) is 0. The molecule has 1 atom stereocenters. The molecule has 0 saturated carbocycles. The molecule has 0 saturated heterocycles. The Morgan fingerprint density at radius 1 is 1.73 bits per heavy atom. The third-order valence-electron chi connectivity index (χ3n) is 1.31. The van der Waals surface area contributed by atoms with Gasteiger partial charge < -0.3 is 5.73 Å². The molecule has 0 spiro atoms. The Morgan fingerprint density at radius 3 is 2.91 bits per heavy atom. The zero-order valence-electron chi connectivity index (χ0n) is 6.74. The van der Waals surface area contributed by atoms with Crippen molar-refractivity contribution in [2.75, 3.05) is 0 Å². The molecule has 0 aliphatic rings. The standard InChI is InChI=1S/C8H12N2S/c1-6(2)3-7(9)8-4-11-5-10-8/h3-5,7H,9H2,1-2H3. The number of allylic oxidation sites excluding steroid dienone is 1. The van der Waals surface area contributed by atoms with Crippen LogP contribution in [0.4, 0.5) is 0 Å². The van der Waals surface area contributed by atoms with Crippen LogP contribution in [0.5, 0.6) is 0 Å². The lowest BCUT2D eigenvalue weighted by Gasteiger charge is -2.01. The maximum Gasteiger partial charge on any atom is 0.0795 e. The highest BCUT2D eigenvalue weighted by Crippen LogP contribution is 2.12. The highest BCUT2D eigenvalue weighted by molar-refractivity contribution is 7.07. The Balaban J connectivity index is 2.71. The Kier molecular flexibility index (Phi) is 2.79. The van der Waals surface area contributed by atoms with Gasteiger partial charge in [-0.2, -0.15) is 0 Å². The van der Waals surface area contributed by atoms with Crippen molar-refractivity contribution in [3.05, 3.63) is 28.2 Å². The lowest BCUT2D eigenvalue weighted by molar-refractivity contribution is 0.864. The van der Waals surface area contributed by atoms with E-state index in [1.807, 2.05) is 25.3 Å². The van der Waals surface area contributed by atoms with Crippen LogP contribution >= 0.6 is 11.3 Å². The molecule has 1 aromatic rings. The molecule has 0 fully saturated rings. The van der Waals surface area contributed by atoms with Crippen LogP contribution in [-0.4, -0.2) is 4.98 Å². The summed E-state index contributed by atoms with van der Waals surface area (Å²) < 4.78 is 0. The minimum Gasteiger partial charge on any atom is -0.319 e. The molecule has 1 heterocycles. The monoisotopic (exact) mass is 168 g/mol. The summed E-state index contributed by atoms with van der Waals surface area (Å²) in [6.07, 6.45) is 2.01. The van der Waals surface area contributed by atoms with Crippen molar-refractivity contribution in [3.8, 4) is 0 Å². The first-order valence-corrected chi connectivity index (χ1v) is 4.43. The Bertz CT molecular complexity index is 235. The molecule has 0 radical (unpaired) electrons. The average molecular weight is 168 g/mol. The zero-order valence-corrected chi connectivity index (χ0v) is 7.56. The molecule has 0 aliphatic carbocycles. The van der Waals surface area contributed by atoms with E-state index >= 15 is 0 Å². The maximum absolute atomic E-state index is 5.81. The van der Waals surface area contributed by atoms with Crippen molar-refractivity contribution < 1.29 is 0 Å². The summed E-state index contributed by atoms with van der Waals surface area (Å²) in [5.41, 5.74) is 9.79. The molecule has 1 aromatic heterocycles. The second-order valence-corrected chi connectivity index (χ2v) is 3.40. The molecule has 0 amide bonds. The van der Waals surface area contributed by atoms with Crippen LogP contribution < -0.4 is 5.73 Å². The SMILES string of the molecule is CC(C)=CC(N)c1cscn1. The minimum absolute atomic E-state index is 0.0359. The van der Waals surface area contributed by atoms with Gasteiger partial charge in [-0.05, 0) is 13.8 Å². The van der Waals surface area contributed by atoms with Gasteiger partial charge in [-0.3, -0.25) is 0 Å². The van der Waals surface area contributed by atoms with Gasteiger partial charge >= 0.3 is 0 Å². The largest absolute Gasteiger partial charge is 0.319 e. The maximum atomic E-state index is 5.81. The van der Waals surface area contributed by atoms with Gasteiger partial charge in [-0.1, -0.05) is 11.6 Å². The molecule has 2 nitrogen and oxygen atoms in total. The van der Waals surface area contributed by atoms with Crippen molar-refractivity contribution in [2.45, 2.75) is 19.9 Å². The first kappa shape index (κ1) is 8.43. The fourth-order valence-electron chi connectivity index (χ4n) is 0.831. The van der Waals surface area contributed by atoms with E-state index in [2.05, 4.69) is 4.98 Å². The van der Waals surface area contributed by atoms with Crippen LogP contribution in [0.3, 0.4) is 0 Å². The van der Waals surface area contributed by atoms with Gasteiger partial charge in [0.05, 0.1) is 17.2 Å². The molecule has 11 heavy (non-hydrogen) atoms. The summed E-state index contributed by atoms with van der Waals surface area (Å²) in [4.78, 5) is 4.12. The number of nitrogens with zero attached hydrogens (tertiary/aromatic N) is 1. The fourth-order valence-corrected chi connectivity index (χ4v) is 1.43. The summed E-state index contributed by atoms with van der Waals surface area (Å²) in [5, 5.41) is 1.98. The van der Waals surface area contributed by atoms with Gasteiger partial charge in [0, 0.05) is 5.38 Å². The highest BCUT2D eigenvalue weighted by Gasteiger charge is 2.02. The number of thiazole rings is 1. The predicted octanol–water partition coefficient (Wildman–Crippen LogP) is 2.11. The van der Waals surface area contributed by atoms with Crippen LogP contribution in [0.15, 0.2) is 22.5 Å². The van der Waals surface area contributed by atoms with Gasteiger partial charge in [0.15, 0.2) is 0 Å². The van der Waals surface area contributed by atoms with E-state index in [1.54, 1.807) is 16.8 Å². The van der Waals surface area contributed by atoms with E-state index in [0.29, 0.717) is 0 Å². The molecule has 0 bridgehead atoms. The first-order chi connectivity index (χ1) is 5.20. The van der Waals surface area contributed by atoms with Crippen molar-refractivity contribution in [2.24, 2.45) is 5.73 Å². The van der Waals surface area contributed by atoms with E-state index < -0.39 is 0 Å². The molecule has 60 valence electrons. The third-order valence-corrected chi connectivity index (χ3v) is 1.91. The second-order valence-electron chi connectivity index (χ2n) is 2.68. The van der Waals surface area contributed by atoms with Crippen molar-refractivity contribution in [1.82, 2.24) is 4.98 Å². The van der Waals surface area contributed by atoms with Gasteiger partial charge in [0.1, 0.15) is 0 Å². The quantitative estimate of drug-likeness (QED) is 0.687. The number of rotatable bonds is 2. The highest BCUT2D eigenvalue weighted by atomic mass is 32.1. The smallest absolute Gasteiger partial charge is 0.0795 e. The van der Waals surface area contributed by atoms with Crippen LogP contribution in [0.1, 0.15) is 25.6 Å². The van der Waals surface area contributed by atoms with Crippen molar-refractivity contribution in [1.29, 1.82) is 0 Å². The fraction of sp³-hybridized carbons (Fsp3) is 0.375. The molecule has 0 aromatic carbocycles. The molecule has 1 unspecified atom stereocenters.